The fourth-order valence-corrected chi connectivity index (χ4v) is 1.86. The van der Waals surface area contributed by atoms with E-state index in [0.717, 1.165) is 24.5 Å². The van der Waals surface area contributed by atoms with Gasteiger partial charge in [0, 0.05) is 12.7 Å². The highest BCUT2D eigenvalue weighted by Crippen LogP contribution is 2.18. The Kier molecular flexibility index (Phi) is 10.6. The molecule has 0 bridgehead atoms. The maximum atomic E-state index is 5.57. The minimum absolute atomic E-state index is 0.531. The lowest BCUT2D eigenvalue weighted by molar-refractivity contribution is 0.0352. The van der Waals surface area contributed by atoms with E-state index in [9.17, 15) is 0 Å². The van der Waals surface area contributed by atoms with Gasteiger partial charge in [-0.1, -0.05) is 32.3 Å². The number of unbranched alkanes of at least 4 members (excludes halogenated alkanes) is 3. The molecule has 1 aromatic rings. The van der Waals surface area contributed by atoms with Crippen molar-refractivity contribution in [1.29, 1.82) is 0 Å². The van der Waals surface area contributed by atoms with Crippen LogP contribution in [0.2, 0.25) is 0 Å². The largest absolute Gasteiger partial charge is 0.497 e. The highest BCUT2D eigenvalue weighted by atomic mass is 16.5. The van der Waals surface area contributed by atoms with Crippen LogP contribution in [0.5, 0.6) is 11.5 Å². The van der Waals surface area contributed by atoms with Crippen molar-refractivity contribution in [2.24, 2.45) is 0 Å². The SMILES string of the molecule is CCCCCCOCCOCCOc1cccc(OC)c1. The Bertz CT molecular complexity index is 354. The minimum atomic E-state index is 0.531. The van der Waals surface area contributed by atoms with Crippen molar-refractivity contribution in [2.45, 2.75) is 32.6 Å². The van der Waals surface area contributed by atoms with E-state index >= 15 is 0 Å². The van der Waals surface area contributed by atoms with Gasteiger partial charge in [-0.3, -0.25) is 0 Å². The van der Waals surface area contributed by atoms with Crippen LogP contribution in [0.15, 0.2) is 24.3 Å². The number of rotatable bonds is 13. The van der Waals surface area contributed by atoms with Gasteiger partial charge in [-0.25, -0.2) is 0 Å². The monoisotopic (exact) mass is 296 g/mol. The average Bonchev–Trinajstić information content (AvgIpc) is 2.53. The minimum Gasteiger partial charge on any atom is -0.497 e. The molecule has 0 fully saturated rings. The van der Waals surface area contributed by atoms with Crippen molar-refractivity contribution in [3.05, 3.63) is 24.3 Å². The first-order valence-electron chi connectivity index (χ1n) is 7.79. The van der Waals surface area contributed by atoms with Crippen LogP contribution in [0.3, 0.4) is 0 Å². The van der Waals surface area contributed by atoms with Crippen LogP contribution < -0.4 is 9.47 Å². The van der Waals surface area contributed by atoms with Gasteiger partial charge in [-0.15, -0.1) is 0 Å². The molecular formula is C17H28O4. The second-order valence-electron chi connectivity index (χ2n) is 4.81. The summed E-state index contributed by atoms with van der Waals surface area (Å²) in [6.45, 7) is 5.42. The van der Waals surface area contributed by atoms with E-state index in [2.05, 4.69) is 6.92 Å². The summed E-state index contributed by atoms with van der Waals surface area (Å²) in [5.74, 6) is 1.59. The average molecular weight is 296 g/mol. The second-order valence-corrected chi connectivity index (χ2v) is 4.81. The predicted octanol–water partition coefficient (Wildman–Crippen LogP) is 3.69. The second kappa shape index (κ2) is 12.5. The fourth-order valence-electron chi connectivity index (χ4n) is 1.86. The molecule has 0 amide bonds. The summed E-state index contributed by atoms with van der Waals surface area (Å²) in [7, 11) is 1.64. The highest BCUT2D eigenvalue weighted by Gasteiger charge is 1.97. The first-order valence-corrected chi connectivity index (χ1v) is 7.79. The van der Waals surface area contributed by atoms with E-state index in [-0.39, 0.29) is 0 Å². The Hall–Kier alpha value is -1.26. The zero-order valence-corrected chi connectivity index (χ0v) is 13.3. The van der Waals surface area contributed by atoms with E-state index in [4.69, 9.17) is 18.9 Å². The van der Waals surface area contributed by atoms with Crippen LogP contribution in [0.4, 0.5) is 0 Å². The van der Waals surface area contributed by atoms with Crippen molar-refractivity contribution >= 4 is 0 Å². The number of ether oxygens (including phenoxy) is 4. The molecule has 0 saturated carbocycles. The van der Waals surface area contributed by atoms with Gasteiger partial charge in [0.2, 0.25) is 0 Å². The molecule has 4 nitrogen and oxygen atoms in total. The van der Waals surface area contributed by atoms with Crippen LogP contribution in [0.1, 0.15) is 32.6 Å². The van der Waals surface area contributed by atoms with Crippen molar-refractivity contribution in [3.8, 4) is 11.5 Å². The quantitative estimate of drug-likeness (QED) is 0.520. The van der Waals surface area contributed by atoms with Gasteiger partial charge in [0.25, 0.3) is 0 Å². The molecular weight excluding hydrogens is 268 g/mol. The van der Waals surface area contributed by atoms with Gasteiger partial charge in [0.15, 0.2) is 0 Å². The Morgan fingerprint density at radius 3 is 2.29 bits per heavy atom. The zero-order chi connectivity index (χ0) is 15.2. The topological polar surface area (TPSA) is 36.9 Å². The molecule has 1 rings (SSSR count). The smallest absolute Gasteiger partial charge is 0.123 e. The van der Waals surface area contributed by atoms with Crippen LogP contribution in [0.25, 0.3) is 0 Å². The van der Waals surface area contributed by atoms with Gasteiger partial charge >= 0.3 is 0 Å². The number of methoxy groups -OCH3 is 1. The normalized spacial score (nSPS) is 10.6. The molecule has 0 saturated heterocycles. The Labute approximate surface area is 128 Å². The number of benzene rings is 1. The molecule has 0 N–H and O–H groups in total. The van der Waals surface area contributed by atoms with E-state index in [1.807, 2.05) is 24.3 Å². The summed E-state index contributed by atoms with van der Waals surface area (Å²) in [4.78, 5) is 0. The lowest BCUT2D eigenvalue weighted by Crippen LogP contribution is -2.11. The third-order valence-electron chi connectivity index (χ3n) is 3.05. The molecule has 21 heavy (non-hydrogen) atoms. The van der Waals surface area contributed by atoms with E-state index in [1.165, 1.54) is 19.3 Å². The first-order chi connectivity index (χ1) is 10.4. The lowest BCUT2D eigenvalue weighted by atomic mass is 10.2. The molecule has 4 heteroatoms. The predicted molar refractivity (Wildman–Crippen MR) is 84.3 cm³/mol. The summed E-state index contributed by atoms with van der Waals surface area (Å²) < 4.78 is 21.7. The van der Waals surface area contributed by atoms with E-state index < -0.39 is 0 Å². The van der Waals surface area contributed by atoms with E-state index in [1.54, 1.807) is 7.11 Å². The van der Waals surface area contributed by atoms with Crippen molar-refractivity contribution in [1.82, 2.24) is 0 Å². The first kappa shape index (κ1) is 17.8. The maximum Gasteiger partial charge on any atom is 0.123 e. The highest BCUT2D eigenvalue weighted by molar-refractivity contribution is 5.32. The van der Waals surface area contributed by atoms with E-state index in [0.29, 0.717) is 26.4 Å². The van der Waals surface area contributed by atoms with Crippen molar-refractivity contribution in [2.75, 3.05) is 40.1 Å². The Balaban J connectivity index is 1.90. The molecule has 0 unspecified atom stereocenters. The molecule has 120 valence electrons. The van der Waals surface area contributed by atoms with Crippen LogP contribution >= 0.6 is 0 Å². The molecule has 0 aliphatic carbocycles. The van der Waals surface area contributed by atoms with Gasteiger partial charge in [-0.05, 0) is 18.6 Å². The van der Waals surface area contributed by atoms with Crippen LogP contribution in [-0.2, 0) is 9.47 Å². The Morgan fingerprint density at radius 2 is 1.52 bits per heavy atom. The Morgan fingerprint density at radius 1 is 0.810 bits per heavy atom. The molecule has 0 heterocycles. The third kappa shape index (κ3) is 9.32. The summed E-state index contributed by atoms with van der Waals surface area (Å²) >= 11 is 0. The van der Waals surface area contributed by atoms with Gasteiger partial charge in [0.1, 0.15) is 18.1 Å². The van der Waals surface area contributed by atoms with Crippen molar-refractivity contribution < 1.29 is 18.9 Å². The molecule has 1 aromatic carbocycles. The third-order valence-corrected chi connectivity index (χ3v) is 3.05. The van der Waals surface area contributed by atoms with Gasteiger partial charge in [0.05, 0.1) is 26.9 Å². The fraction of sp³-hybridized carbons (Fsp3) is 0.647. The molecule has 0 atom stereocenters. The molecule has 0 spiro atoms. The summed E-state index contributed by atoms with van der Waals surface area (Å²) in [5, 5.41) is 0. The molecule has 0 radical (unpaired) electrons. The van der Waals surface area contributed by atoms with Crippen molar-refractivity contribution in [3.63, 3.8) is 0 Å². The van der Waals surface area contributed by atoms with Gasteiger partial charge in [-0.2, -0.15) is 0 Å². The molecule has 0 aromatic heterocycles. The van der Waals surface area contributed by atoms with Crippen LogP contribution in [-0.4, -0.2) is 40.1 Å². The zero-order valence-electron chi connectivity index (χ0n) is 13.3. The summed E-state index contributed by atoms with van der Waals surface area (Å²) in [6, 6.07) is 7.56. The number of hydrogen-bond donors (Lipinski definition) is 0. The summed E-state index contributed by atoms with van der Waals surface area (Å²) in [6.07, 6.45) is 4.95. The lowest BCUT2D eigenvalue weighted by Gasteiger charge is -2.08. The molecule has 0 aliphatic rings. The van der Waals surface area contributed by atoms with Gasteiger partial charge < -0.3 is 18.9 Å². The maximum absolute atomic E-state index is 5.57. The molecule has 0 aliphatic heterocycles. The van der Waals surface area contributed by atoms with Crippen LogP contribution in [0, 0.1) is 0 Å². The standard InChI is InChI=1S/C17H28O4/c1-3-4-5-6-10-19-11-12-20-13-14-21-17-9-7-8-16(15-17)18-2/h7-9,15H,3-6,10-14H2,1-2H3. The number of hydrogen-bond acceptors (Lipinski definition) is 4. The summed E-state index contributed by atoms with van der Waals surface area (Å²) in [5.41, 5.74) is 0.